The molecule has 1 heterocycles. The summed E-state index contributed by atoms with van der Waals surface area (Å²) in [5.41, 5.74) is -0.465. The van der Waals surface area contributed by atoms with Gasteiger partial charge in [0.05, 0.1) is 31.3 Å². The number of methoxy groups -OCH3 is 1. The third-order valence-corrected chi connectivity index (χ3v) is 4.03. The highest BCUT2D eigenvalue weighted by atomic mass is 16.6. The first-order valence-electron chi connectivity index (χ1n) is 7.77. The van der Waals surface area contributed by atoms with E-state index in [-0.39, 0.29) is 12.1 Å². The lowest BCUT2D eigenvalue weighted by Crippen LogP contribution is -2.46. The van der Waals surface area contributed by atoms with Gasteiger partial charge < -0.3 is 29.8 Å². The number of ether oxygens (including phenoxy) is 2. The monoisotopic (exact) mass is 344 g/mol. The Kier molecular flexibility index (Phi) is 5.34. The van der Waals surface area contributed by atoms with Crippen molar-refractivity contribution in [3.8, 4) is 0 Å². The van der Waals surface area contributed by atoms with Crippen molar-refractivity contribution in [3.63, 3.8) is 0 Å². The van der Waals surface area contributed by atoms with Crippen molar-refractivity contribution in [3.05, 3.63) is 0 Å². The number of aliphatic hydroxyl groups excluding tert-OH is 2. The second-order valence-corrected chi connectivity index (χ2v) is 6.93. The molecule has 1 aliphatic carbocycles. The molecule has 24 heavy (non-hydrogen) atoms. The molecule has 0 spiro atoms. The third kappa shape index (κ3) is 3.78. The van der Waals surface area contributed by atoms with Gasteiger partial charge in [-0.2, -0.15) is 0 Å². The summed E-state index contributed by atoms with van der Waals surface area (Å²) >= 11 is 0. The Morgan fingerprint density at radius 1 is 1.46 bits per heavy atom. The van der Waals surface area contributed by atoms with Gasteiger partial charge in [0.25, 0.3) is 0 Å². The fourth-order valence-electron chi connectivity index (χ4n) is 3.10. The Morgan fingerprint density at radius 2 is 2.12 bits per heavy atom. The van der Waals surface area contributed by atoms with Crippen molar-refractivity contribution in [1.82, 2.24) is 5.32 Å². The van der Waals surface area contributed by atoms with Crippen LogP contribution in [0.2, 0.25) is 0 Å². The van der Waals surface area contributed by atoms with Crippen molar-refractivity contribution in [1.29, 1.82) is 0 Å². The smallest absolute Gasteiger partial charge is 0.407 e. The van der Waals surface area contributed by atoms with Gasteiger partial charge in [-0.05, 0) is 27.2 Å². The first-order chi connectivity index (χ1) is 11.2. The summed E-state index contributed by atoms with van der Waals surface area (Å²) in [7, 11) is 1.27. The van der Waals surface area contributed by atoms with Crippen molar-refractivity contribution in [2.45, 2.75) is 51.0 Å². The van der Waals surface area contributed by atoms with Crippen molar-refractivity contribution < 1.29 is 34.1 Å². The van der Waals surface area contributed by atoms with Crippen molar-refractivity contribution in [2.75, 3.05) is 13.7 Å². The lowest BCUT2D eigenvalue weighted by Gasteiger charge is -2.24. The first-order valence-corrected chi connectivity index (χ1v) is 7.77. The lowest BCUT2D eigenvalue weighted by atomic mass is 9.92. The SMILES string of the molecule is COC(=O)[C@H]1C[C@@H](NC(=O)OC(C)(C)C)[C@@H]2C([C@@H](O)CO)=NO[C@@H]21. The van der Waals surface area contributed by atoms with Crippen LogP contribution < -0.4 is 5.32 Å². The number of carbonyl (C=O) groups is 2. The molecule has 0 bridgehead atoms. The third-order valence-electron chi connectivity index (χ3n) is 4.03. The quantitative estimate of drug-likeness (QED) is 0.603. The zero-order valence-corrected chi connectivity index (χ0v) is 14.2. The van der Waals surface area contributed by atoms with Crippen LogP contribution in [0.4, 0.5) is 4.79 Å². The van der Waals surface area contributed by atoms with Gasteiger partial charge in [-0.15, -0.1) is 0 Å². The van der Waals surface area contributed by atoms with Crippen LogP contribution in [-0.4, -0.2) is 65.6 Å². The van der Waals surface area contributed by atoms with E-state index in [1.807, 2.05) is 0 Å². The summed E-state index contributed by atoms with van der Waals surface area (Å²) < 4.78 is 10.0. The molecule has 9 heteroatoms. The predicted octanol–water partition coefficient (Wildman–Crippen LogP) is -0.203. The molecule has 2 aliphatic rings. The molecule has 136 valence electrons. The molecule has 0 aromatic heterocycles. The topological polar surface area (TPSA) is 127 Å². The van der Waals surface area contributed by atoms with Crippen molar-refractivity contribution in [2.24, 2.45) is 17.0 Å². The molecular formula is C15H24N2O7. The van der Waals surface area contributed by atoms with E-state index in [1.165, 1.54) is 7.11 Å². The molecular weight excluding hydrogens is 320 g/mol. The van der Waals surface area contributed by atoms with E-state index in [2.05, 4.69) is 10.5 Å². The number of nitrogens with one attached hydrogen (secondary N) is 1. The predicted molar refractivity (Wildman–Crippen MR) is 82.2 cm³/mol. The number of oxime groups is 1. The Hall–Kier alpha value is -1.87. The Labute approximate surface area is 139 Å². The molecule has 1 saturated carbocycles. The average molecular weight is 344 g/mol. The maximum absolute atomic E-state index is 12.1. The maximum atomic E-state index is 12.1. The first kappa shape index (κ1) is 18.5. The van der Waals surface area contributed by atoms with Gasteiger partial charge in [0, 0.05) is 6.04 Å². The zero-order chi connectivity index (χ0) is 18.1. The summed E-state index contributed by atoms with van der Waals surface area (Å²) in [6, 6.07) is -0.531. The molecule has 1 aliphatic heterocycles. The largest absolute Gasteiger partial charge is 0.469 e. The second kappa shape index (κ2) is 6.94. The number of carbonyl (C=O) groups excluding carboxylic acids is 2. The Morgan fingerprint density at radius 3 is 2.67 bits per heavy atom. The fourth-order valence-corrected chi connectivity index (χ4v) is 3.10. The number of aliphatic hydroxyl groups is 2. The number of fused-ring (bicyclic) bond motifs is 1. The fraction of sp³-hybridized carbons (Fsp3) is 0.800. The number of rotatable bonds is 4. The van der Waals surface area contributed by atoms with Crippen LogP contribution in [0.5, 0.6) is 0 Å². The van der Waals surface area contributed by atoms with Crippen LogP contribution in [0.25, 0.3) is 0 Å². The van der Waals surface area contributed by atoms with Gasteiger partial charge >= 0.3 is 12.1 Å². The number of alkyl carbamates (subject to hydrolysis) is 1. The molecule has 5 atom stereocenters. The number of hydrogen-bond acceptors (Lipinski definition) is 8. The van der Waals surface area contributed by atoms with Crippen LogP contribution in [-0.2, 0) is 19.1 Å². The minimum absolute atomic E-state index is 0.204. The lowest BCUT2D eigenvalue weighted by molar-refractivity contribution is -0.149. The highest BCUT2D eigenvalue weighted by Crippen LogP contribution is 2.40. The zero-order valence-electron chi connectivity index (χ0n) is 14.2. The number of hydrogen-bond donors (Lipinski definition) is 3. The van der Waals surface area contributed by atoms with E-state index >= 15 is 0 Å². The van der Waals surface area contributed by atoms with Gasteiger partial charge in [0.1, 0.15) is 11.7 Å². The van der Waals surface area contributed by atoms with Crippen LogP contribution >= 0.6 is 0 Å². The van der Waals surface area contributed by atoms with Crippen LogP contribution in [0.1, 0.15) is 27.2 Å². The van der Waals surface area contributed by atoms with Crippen LogP contribution in [0.3, 0.4) is 0 Å². The van der Waals surface area contributed by atoms with Crippen LogP contribution in [0, 0.1) is 11.8 Å². The Balaban J connectivity index is 2.17. The maximum Gasteiger partial charge on any atom is 0.407 e. The van der Waals surface area contributed by atoms with Gasteiger partial charge in [0.15, 0.2) is 6.10 Å². The minimum Gasteiger partial charge on any atom is -0.469 e. The summed E-state index contributed by atoms with van der Waals surface area (Å²) in [6.45, 7) is 4.68. The molecule has 0 aromatic rings. The van der Waals surface area contributed by atoms with Gasteiger partial charge in [-0.3, -0.25) is 4.79 Å². The number of amides is 1. The van der Waals surface area contributed by atoms with E-state index in [4.69, 9.17) is 19.4 Å². The summed E-state index contributed by atoms with van der Waals surface area (Å²) in [5, 5.41) is 25.6. The Bertz CT molecular complexity index is 528. The summed E-state index contributed by atoms with van der Waals surface area (Å²) in [6.07, 6.45) is -2.26. The van der Waals surface area contributed by atoms with Gasteiger partial charge in [0.2, 0.25) is 0 Å². The summed E-state index contributed by atoms with van der Waals surface area (Å²) in [4.78, 5) is 29.3. The number of nitrogens with zero attached hydrogens (tertiary/aromatic N) is 1. The second-order valence-electron chi connectivity index (χ2n) is 6.93. The molecule has 0 aromatic carbocycles. The van der Waals surface area contributed by atoms with E-state index in [0.29, 0.717) is 0 Å². The minimum atomic E-state index is -1.22. The molecule has 0 radical (unpaired) electrons. The van der Waals surface area contributed by atoms with E-state index in [1.54, 1.807) is 20.8 Å². The standard InChI is InChI=1S/C15H24N2O7/c1-15(2,3)23-14(21)16-8-5-7(13(20)22-4)12-10(8)11(17-24-12)9(19)6-18/h7-10,12,18-19H,5-6H2,1-4H3,(H,16,21)/t7-,8+,9-,10+,12+/m0/s1. The normalized spacial score (nSPS) is 30.0. The highest BCUT2D eigenvalue weighted by molar-refractivity contribution is 5.94. The summed E-state index contributed by atoms with van der Waals surface area (Å²) in [5.74, 6) is -1.65. The molecule has 0 saturated heterocycles. The van der Waals surface area contributed by atoms with E-state index < -0.39 is 54.4 Å². The number of esters is 1. The molecule has 9 nitrogen and oxygen atoms in total. The molecule has 1 amide bonds. The molecule has 3 N–H and O–H groups in total. The van der Waals surface area contributed by atoms with Gasteiger partial charge in [-0.1, -0.05) is 5.16 Å². The van der Waals surface area contributed by atoms with E-state index in [9.17, 15) is 14.7 Å². The molecule has 2 rings (SSSR count). The highest BCUT2D eigenvalue weighted by Gasteiger charge is 2.56. The molecule has 0 unspecified atom stereocenters. The average Bonchev–Trinajstić information content (AvgIpc) is 3.05. The van der Waals surface area contributed by atoms with Crippen molar-refractivity contribution >= 4 is 17.8 Å². The van der Waals surface area contributed by atoms with Gasteiger partial charge in [-0.25, -0.2) is 4.79 Å². The van der Waals surface area contributed by atoms with Crippen LogP contribution in [0.15, 0.2) is 5.16 Å². The van der Waals surface area contributed by atoms with E-state index in [0.717, 1.165) is 0 Å². The molecule has 1 fully saturated rings.